The number of carbonyl (C=O) groups is 4. The van der Waals surface area contributed by atoms with Crippen LogP contribution in [0, 0.1) is 0 Å². The second kappa shape index (κ2) is 13.0. The lowest BCUT2D eigenvalue weighted by Crippen LogP contribution is -2.52. The molecule has 0 fully saturated rings. The Morgan fingerprint density at radius 1 is 0.821 bits per heavy atom. The van der Waals surface area contributed by atoms with Crippen LogP contribution in [0.2, 0.25) is 0 Å². The lowest BCUT2D eigenvalue weighted by Gasteiger charge is -2.32. The molecule has 0 spiro atoms. The molecule has 0 bridgehead atoms. The second-order valence-electron chi connectivity index (χ2n) is 9.94. The van der Waals surface area contributed by atoms with E-state index >= 15 is 0 Å². The molecule has 0 radical (unpaired) electrons. The average molecular weight is 526 g/mol. The lowest BCUT2D eigenvalue weighted by molar-refractivity contribution is -0.141. The van der Waals surface area contributed by atoms with Gasteiger partial charge in [-0.1, -0.05) is 79.7 Å². The minimum atomic E-state index is -0.714. The maximum Gasteiger partial charge on any atom is 0.261 e. The molecule has 4 amide bonds. The number of nitrogens with one attached hydrogen (secondary N) is 1. The monoisotopic (exact) mass is 525 g/mol. The molecule has 0 aromatic heterocycles. The summed E-state index contributed by atoms with van der Waals surface area (Å²) >= 11 is 0. The maximum atomic E-state index is 13.8. The van der Waals surface area contributed by atoms with Gasteiger partial charge in [0, 0.05) is 32.0 Å². The summed E-state index contributed by atoms with van der Waals surface area (Å²) in [5.41, 5.74) is 2.66. The topological polar surface area (TPSA) is 86.8 Å². The number of fused-ring (bicyclic) bond motifs is 1. The molecule has 0 saturated carbocycles. The summed E-state index contributed by atoms with van der Waals surface area (Å²) in [7, 11) is 0. The Morgan fingerprint density at radius 3 is 1.92 bits per heavy atom. The van der Waals surface area contributed by atoms with E-state index in [1.54, 1.807) is 29.2 Å². The van der Waals surface area contributed by atoms with Gasteiger partial charge in [0.1, 0.15) is 6.04 Å². The average Bonchev–Trinajstić information content (AvgIpc) is 3.20. The molecule has 39 heavy (non-hydrogen) atoms. The predicted octanol–water partition coefficient (Wildman–Crippen LogP) is 4.62. The molecule has 1 heterocycles. The molecule has 202 valence electrons. The smallest absolute Gasteiger partial charge is 0.261 e. The second-order valence-corrected chi connectivity index (χ2v) is 9.94. The van der Waals surface area contributed by atoms with E-state index in [0.717, 1.165) is 17.5 Å². The standard InChI is InChI=1S/C32H35N3O4/c1-3-23(2)33-30(37)28(21-24-13-6-4-7-14-24)35(22-25-15-8-5-9-16-25)29(36)19-12-20-34-31(38)26-17-10-11-18-27(26)32(34)39/h4-11,13-18,23,28H,3,12,19-22H2,1-2H3,(H,33,37)/t23-,28-/m0/s1. The number of benzene rings is 3. The molecule has 1 aliphatic rings. The van der Waals surface area contributed by atoms with Crippen LogP contribution in [0.1, 0.15) is 65.0 Å². The highest BCUT2D eigenvalue weighted by atomic mass is 16.2. The van der Waals surface area contributed by atoms with Crippen molar-refractivity contribution in [1.29, 1.82) is 0 Å². The molecule has 2 atom stereocenters. The number of nitrogens with zero attached hydrogens (tertiary/aromatic N) is 2. The largest absolute Gasteiger partial charge is 0.352 e. The first kappa shape index (κ1) is 27.8. The number of hydrogen-bond donors (Lipinski definition) is 1. The van der Waals surface area contributed by atoms with Crippen LogP contribution in [0.5, 0.6) is 0 Å². The van der Waals surface area contributed by atoms with Gasteiger partial charge in [-0.3, -0.25) is 24.1 Å². The molecular weight excluding hydrogens is 490 g/mol. The van der Waals surface area contributed by atoms with E-state index in [9.17, 15) is 19.2 Å². The summed E-state index contributed by atoms with van der Waals surface area (Å²) < 4.78 is 0. The zero-order valence-electron chi connectivity index (χ0n) is 22.5. The third-order valence-corrected chi connectivity index (χ3v) is 7.12. The molecule has 4 rings (SSSR count). The predicted molar refractivity (Wildman–Crippen MR) is 150 cm³/mol. The fourth-order valence-electron chi connectivity index (χ4n) is 4.75. The minimum absolute atomic E-state index is 0.0294. The van der Waals surface area contributed by atoms with E-state index in [0.29, 0.717) is 24.0 Å². The van der Waals surface area contributed by atoms with Crippen LogP contribution in [0.4, 0.5) is 0 Å². The van der Waals surface area contributed by atoms with Crippen LogP contribution in [-0.2, 0) is 22.6 Å². The van der Waals surface area contributed by atoms with Crippen LogP contribution in [0.3, 0.4) is 0 Å². The molecule has 3 aromatic rings. The molecule has 0 saturated heterocycles. The van der Waals surface area contributed by atoms with Crippen molar-refractivity contribution in [3.05, 3.63) is 107 Å². The molecule has 0 unspecified atom stereocenters. The molecule has 0 aliphatic carbocycles. The van der Waals surface area contributed by atoms with E-state index in [4.69, 9.17) is 0 Å². The summed E-state index contributed by atoms with van der Waals surface area (Å²) in [5.74, 6) is -1.06. The Hall–Kier alpha value is -4.26. The normalized spacial score (nSPS) is 14.1. The van der Waals surface area contributed by atoms with Gasteiger partial charge in [-0.25, -0.2) is 0 Å². The summed E-state index contributed by atoms with van der Waals surface area (Å²) in [4.78, 5) is 55.6. The quantitative estimate of drug-likeness (QED) is 0.350. The van der Waals surface area contributed by atoms with Gasteiger partial charge in [0.15, 0.2) is 0 Å². The van der Waals surface area contributed by atoms with Gasteiger partial charge in [-0.05, 0) is 43.0 Å². The lowest BCUT2D eigenvalue weighted by atomic mass is 10.0. The number of rotatable bonds is 12. The van der Waals surface area contributed by atoms with Crippen LogP contribution in [0.25, 0.3) is 0 Å². The van der Waals surface area contributed by atoms with E-state index in [1.165, 1.54) is 4.90 Å². The zero-order valence-corrected chi connectivity index (χ0v) is 22.5. The Labute approximate surface area is 229 Å². The zero-order chi connectivity index (χ0) is 27.8. The molecule has 1 aliphatic heterocycles. The summed E-state index contributed by atoms with van der Waals surface area (Å²) in [6.07, 6.45) is 1.56. The first-order valence-corrected chi connectivity index (χ1v) is 13.5. The van der Waals surface area contributed by atoms with Gasteiger partial charge in [0.2, 0.25) is 11.8 Å². The Bertz CT molecular complexity index is 1270. The minimum Gasteiger partial charge on any atom is -0.352 e. The first-order chi connectivity index (χ1) is 18.9. The van der Waals surface area contributed by atoms with Gasteiger partial charge < -0.3 is 10.2 Å². The highest BCUT2D eigenvalue weighted by molar-refractivity contribution is 6.21. The van der Waals surface area contributed by atoms with Gasteiger partial charge in [-0.15, -0.1) is 0 Å². The third kappa shape index (κ3) is 6.79. The van der Waals surface area contributed by atoms with Gasteiger partial charge in [-0.2, -0.15) is 0 Å². The van der Waals surface area contributed by atoms with Crippen molar-refractivity contribution < 1.29 is 19.2 Å². The maximum absolute atomic E-state index is 13.8. The number of amides is 4. The van der Waals surface area contributed by atoms with E-state index in [1.807, 2.05) is 74.5 Å². The molecule has 3 aromatic carbocycles. The van der Waals surface area contributed by atoms with Gasteiger partial charge in [0.05, 0.1) is 11.1 Å². The summed E-state index contributed by atoms with van der Waals surface area (Å²) in [6.45, 7) is 4.37. The van der Waals surface area contributed by atoms with Crippen molar-refractivity contribution in [3.63, 3.8) is 0 Å². The van der Waals surface area contributed by atoms with Crippen molar-refractivity contribution in [2.24, 2.45) is 0 Å². The van der Waals surface area contributed by atoms with Crippen molar-refractivity contribution >= 4 is 23.6 Å². The molecule has 1 N–H and O–H groups in total. The van der Waals surface area contributed by atoms with Crippen LogP contribution in [-0.4, -0.2) is 52.1 Å². The van der Waals surface area contributed by atoms with E-state index in [-0.39, 0.29) is 49.2 Å². The van der Waals surface area contributed by atoms with Crippen LogP contribution < -0.4 is 5.32 Å². The van der Waals surface area contributed by atoms with Crippen LogP contribution >= 0.6 is 0 Å². The SMILES string of the molecule is CC[C@H](C)NC(=O)[C@H](Cc1ccccc1)N(Cc1ccccc1)C(=O)CCCN1C(=O)c2ccccc2C1=O. The number of imide groups is 1. The first-order valence-electron chi connectivity index (χ1n) is 13.5. The highest BCUT2D eigenvalue weighted by Gasteiger charge is 2.35. The molecular formula is C32H35N3O4. The molecule has 7 nitrogen and oxygen atoms in total. The summed E-state index contributed by atoms with van der Waals surface area (Å²) in [6, 6.07) is 25.3. The van der Waals surface area contributed by atoms with Crippen molar-refractivity contribution in [2.75, 3.05) is 6.54 Å². The summed E-state index contributed by atoms with van der Waals surface area (Å²) in [5, 5.41) is 3.06. The third-order valence-electron chi connectivity index (χ3n) is 7.12. The van der Waals surface area contributed by atoms with Crippen molar-refractivity contribution in [3.8, 4) is 0 Å². The fourth-order valence-corrected chi connectivity index (χ4v) is 4.75. The van der Waals surface area contributed by atoms with E-state index < -0.39 is 6.04 Å². The van der Waals surface area contributed by atoms with Crippen molar-refractivity contribution in [1.82, 2.24) is 15.1 Å². The Kier molecular flexibility index (Phi) is 9.26. The van der Waals surface area contributed by atoms with Gasteiger partial charge in [0.25, 0.3) is 11.8 Å². The van der Waals surface area contributed by atoms with Gasteiger partial charge >= 0.3 is 0 Å². The van der Waals surface area contributed by atoms with Crippen LogP contribution in [0.15, 0.2) is 84.9 Å². The van der Waals surface area contributed by atoms with Crippen molar-refractivity contribution in [2.45, 2.75) is 58.2 Å². The molecule has 7 heteroatoms. The Morgan fingerprint density at radius 2 is 1.36 bits per heavy atom. The number of carbonyl (C=O) groups excluding carboxylic acids is 4. The Balaban J connectivity index is 1.53. The van der Waals surface area contributed by atoms with E-state index in [2.05, 4.69) is 5.32 Å². The fraction of sp³-hybridized carbons (Fsp3) is 0.312. The highest BCUT2D eigenvalue weighted by Crippen LogP contribution is 2.23. The number of hydrogen-bond acceptors (Lipinski definition) is 4.